The molecule has 5 nitrogen and oxygen atoms in total. The van der Waals surface area contributed by atoms with Crippen molar-refractivity contribution >= 4 is 17.8 Å². The van der Waals surface area contributed by atoms with Crippen molar-refractivity contribution in [3.8, 4) is 0 Å². The van der Waals surface area contributed by atoms with Gasteiger partial charge in [0.05, 0.1) is 18.9 Å². The molecule has 0 spiro atoms. The number of amides is 2. The van der Waals surface area contributed by atoms with E-state index in [2.05, 4.69) is 29.0 Å². The minimum Gasteiger partial charge on any atom is -0.468 e. The monoisotopic (exact) mass is 347 g/mol. The van der Waals surface area contributed by atoms with Crippen LogP contribution in [0.2, 0.25) is 0 Å². The Labute approximate surface area is 150 Å². The molecule has 5 heteroatoms. The van der Waals surface area contributed by atoms with Gasteiger partial charge in [-0.2, -0.15) is 0 Å². The summed E-state index contributed by atoms with van der Waals surface area (Å²) in [6.07, 6.45) is 0. The topological polar surface area (TPSA) is 63.7 Å². The summed E-state index contributed by atoms with van der Waals surface area (Å²) in [6.45, 7) is -0.312. The van der Waals surface area contributed by atoms with E-state index in [1.54, 1.807) is 0 Å². The maximum atomic E-state index is 13.1. The molecule has 130 valence electrons. The van der Waals surface area contributed by atoms with Crippen LogP contribution in [-0.2, 0) is 19.1 Å². The van der Waals surface area contributed by atoms with Crippen LogP contribution in [-0.4, -0.2) is 36.3 Å². The molecule has 1 saturated heterocycles. The second kappa shape index (κ2) is 5.27. The molecule has 6 rings (SSSR count). The third-order valence-corrected chi connectivity index (χ3v) is 6.05. The molecule has 4 aliphatic rings. The van der Waals surface area contributed by atoms with Gasteiger partial charge in [0.25, 0.3) is 0 Å². The Morgan fingerprint density at radius 2 is 1.23 bits per heavy atom. The number of rotatable bonds is 2. The Hall–Kier alpha value is -2.95. The summed E-state index contributed by atoms with van der Waals surface area (Å²) in [7, 11) is 1.26. The van der Waals surface area contributed by atoms with Crippen LogP contribution >= 0.6 is 0 Å². The minimum atomic E-state index is -0.576. The third kappa shape index (κ3) is 1.77. The third-order valence-electron chi connectivity index (χ3n) is 6.05. The van der Waals surface area contributed by atoms with Gasteiger partial charge < -0.3 is 4.74 Å². The maximum absolute atomic E-state index is 13.1. The van der Waals surface area contributed by atoms with E-state index in [0.29, 0.717) is 0 Å². The summed E-state index contributed by atoms with van der Waals surface area (Å²) in [4.78, 5) is 39.0. The highest BCUT2D eigenvalue weighted by Crippen LogP contribution is 2.60. The Morgan fingerprint density at radius 3 is 1.58 bits per heavy atom. The van der Waals surface area contributed by atoms with Crippen molar-refractivity contribution in [3.63, 3.8) is 0 Å². The van der Waals surface area contributed by atoms with Crippen molar-refractivity contribution in [2.24, 2.45) is 11.8 Å². The zero-order valence-electron chi connectivity index (χ0n) is 14.2. The van der Waals surface area contributed by atoms with E-state index in [-0.39, 0.29) is 30.2 Å². The highest BCUT2D eigenvalue weighted by atomic mass is 16.5. The molecule has 0 aromatic heterocycles. The van der Waals surface area contributed by atoms with Gasteiger partial charge in [0.15, 0.2) is 0 Å². The van der Waals surface area contributed by atoms with Gasteiger partial charge in [-0.25, -0.2) is 0 Å². The lowest BCUT2D eigenvalue weighted by Gasteiger charge is -2.45. The minimum absolute atomic E-state index is 0.142. The van der Waals surface area contributed by atoms with Crippen LogP contribution in [0.5, 0.6) is 0 Å². The maximum Gasteiger partial charge on any atom is 0.325 e. The second-order valence-electron chi connectivity index (χ2n) is 7.10. The predicted molar refractivity (Wildman–Crippen MR) is 92.3 cm³/mol. The summed E-state index contributed by atoms with van der Waals surface area (Å²) in [6, 6.07) is 16.1. The van der Waals surface area contributed by atoms with Gasteiger partial charge in [-0.05, 0) is 22.3 Å². The van der Waals surface area contributed by atoms with Crippen LogP contribution in [0.4, 0.5) is 0 Å². The lowest BCUT2D eigenvalue weighted by Crippen LogP contribution is -2.41. The van der Waals surface area contributed by atoms with Gasteiger partial charge in [-0.1, -0.05) is 48.5 Å². The SMILES string of the molecule is COC(=O)CN1C(=O)[C@@H]2C3c4ccccc4C(c4ccccc43)[C@@H]2C1=O. The van der Waals surface area contributed by atoms with E-state index in [4.69, 9.17) is 0 Å². The van der Waals surface area contributed by atoms with Gasteiger partial charge in [0, 0.05) is 11.8 Å². The predicted octanol–water partition coefficient (Wildman–Crippen LogP) is 2.05. The highest BCUT2D eigenvalue weighted by molar-refractivity contribution is 6.09. The van der Waals surface area contributed by atoms with E-state index in [9.17, 15) is 14.4 Å². The molecule has 1 fully saturated rings. The first-order valence-corrected chi connectivity index (χ1v) is 8.73. The van der Waals surface area contributed by atoms with E-state index in [1.807, 2.05) is 24.3 Å². The molecule has 26 heavy (non-hydrogen) atoms. The number of likely N-dealkylation sites (tertiary alicyclic amines) is 1. The zero-order valence-corrected chi connectivity index (χ0v) is 14.2. The number of nitrogens with zero attached hydrogens (tertiary/aromatic N) is 1. The number of carbonyl (C=O) groups excluding carboxylic acids is 3. The molecular formula is C21H17NO4. The number of carbonyl (C=O) groups is 3. The molecule has 0 unspecified atom stereocenters. The van der Waals surface area contributed by atoms with Crippen molar-refractivity contribution in [2.75, 3.05) is 13.7 Å². The number of methoxy groups -OCH3 is 1. The number of benzene rings is 2. The van der Waals surface area contributed by atoms with E-state index in [1.165, 1.54) is 7.11 Å². The fraction of sp³-hybridized carbons (Fsp3) is 0.286. The van der Waals surface area contributed by atoms with Crippen LogP contribution in [0.25, 0.3) is 0 Å². The van der Waals surface area contributed by atoms with Gasteiger partial charge in [0.2, 0.25) is 11.8 Å². The van der Waals surface area contributed by atoms with E-state index >= 15 is 0 Å². The number of hydrogen-bond acceptors (Lipinski definition) is 4. The number of ether oxygens (including phenoxy) is 1. The van der Waals surface area contributed by atoms with Gasteiger partial charge in [-0.3, -0.25) is 19.3 Å². The zero-order chi connectivity index (χ0) is 18.0. The molecule has 2 aromatic rings. The van der Waals surface area contributed by atoms with Crippen molar-refractivity contribution in [1.29, 1.82) is 0 Å². The summed E-state index contributed by atoms with van der Waals surface area (Å²) in [5, 5.41) is 0. The molecule has 0 radical (unpaired) electrons. The van der Waals surface area contributed by atoms with Crippen LogP contribution in [0.3, 0.4) is 0 Å². The molecule has 3 aliphatic carbocycles. The van der Waals surface area contributed by atoms with Crippen LogP contribution in [0.15, 0.2) is 48.5 Å². The summed E-state index contributed by atoms with van der Waals surface area (Å²) < 4.78 is 4.67. The smallest absolute Gasteiger partial charge is 0.325 e. The first-order valence-electron chi connectivity index (χ1n) is 8.73. The standard InChI is InChI=1S/C21H17NO4/c1-26-15(23)10-22-20(24)18-16-11-6-2-3-7-12(11)17(19(18)21(22)25)14-9-5-4-8-13(14)16/h2-9,16-19H,10H2,1H3/t16?,17?,18-,19+. The molecule has 2 aromatic carbocycles. The fourth-order valence-electron chi connectivity index (χ4n) is 5.09. The molecule has 1 aliphatic heterocycles. The highest BCUT2D eigenvalue weighted by Gasteiger charge is 2.61. The molecule has 1 heterocycles. The van der Waals surface area contributed by atoms with Crippen molar-refractivity contribution in [3.05, 3.63) is 70.8 Å². The first-order chi connectivity index (χ1) is 12.6. The Kier molecular flexibility index (Phi) is 3.11. The molecular weight excluding hydrogens is 330 g/mol. The summed E-state index contributed by atoms with van der Waals surface area (Å²) >= 11 is 0. The number of hydrogen-bond donors (Lipinski definition) is 0. The second-order valence-corrected chi connectivity index (χ2v) is 7.10. The van der Waals surface area contributed by atoms with Gasteiger partial charge in [-0.15, -0.1) is 0 Å². The Bertz CT molecular complexity index is 850. The lowest BCUT2D eigenvalue weighted by molar-refractivity contribution is -0.151. The molecule has 2 atom stereocenters. The summed E-state index contributed by atoms with van der Waals surface area (Å²) in [5.41, 5.74) is 4.49. The number of esters is 1. The molecule has 2 amide bonds. The first kappa shape index (κ1) is 15.3. The fourth-order valence-corrected chi connectivity index (χ4v) is 5.09. The summed E-state index contributed by atoms with van der Waals surface area (Å²) in [5.74, 6) is -2.27. The number of imide groups is 1. The normalized spacial score (nSPS) is 27.8. The van der Waals surface area contributed by atoms with Crippen LogP contribution in [0.1, 0.15) is 34.1 Å². The van der Waals surface area contributed by atoms with Gasteiger partial charge >= 0.3 is 5.97 Å². The average molecular weight is 347 g/mol. The Morgan fingerprint density at radius 1 is 0.846 bits per heavy atom. The molecule has 2 bridgehead atoms. The van der Waals surface area contributed by atoms with E-state index in [0.717, 1.165) is 27.2 Å². The molecule has 0 N–H and O–H groups in total. The largest absolute Gasteiger partial charge is 0.468 e. The van der Waals surface area contributed by atoms with Crippen LogP contribution < -0.4 is 0 Å². The lowest BCUT2D eigenvalue weighted by atomic mass is 9.55. The average Bonchev–Trinajstić information content (AvgIpc) is 2.93. The quantitative estimate of drug-likeness (QED) is 0.616. The van der Waals surface area contributed by atoms with Crippen LogP contribution in [0, 0.1) is 11.8 Å². The van der Waals surface area contributed by atoms with Gasteiger partial charge in [0.1, 0.15) is 6.54 Å². The Balaban J connectivity index is 1.69. The van der Waals surface area contributed by atoms with Crippen molar-refractivity contribution < 1.29 is 19.1 Å². The van der Waals surface area contributed by atoms with Crippen molar-refractivity contribution in [2.45, 2.75) is 11.8 Å². The molecule has 0 saturated carbocycles. The van der Waals surface area contributed by atoms with E-state index < -0.39 is 17.8 Å². The van der Waals surface area contributed by atoms with Crippen molar-refractivity contribution in [1.82, 2.24) is 4.90 Å².